The number of fused-ring (bicyclic) bond motifs is 1. The van der Waals surface area contributed by atoms with Crippen LogP contribution in [0.1, 0.15) is 34.3 Å². The summed E-state index contributed by atoms with van der Waals surface area (Å²) in [7, 11) is 1.80. The zero-order valence-electron chi connectivity index (χ0n) is 14.0. The third kappa shape index (κ3) is 3.26. The van der Waals surface area contributed by atoms with Gasteiger partial charge in [0.05, 0.1) is 5.69 Å². The molecule has 0 fully saturated rings. The molecule has 0 saturated heterocycles. The maximum absolute atomic E-state index is 12.8. The van der Waals surface area contributed by atoms with Crippen LogP contribution in [0, 0.1) is 0 Å². The molecule has 2 heterocycles. The zero-order valence-corrected chi connectivity index (χ0v) is 14.8. The van der Waals surface area contributed by atoms with E-state index in [1.54, 1.807) is 11.9 Å². The van der Waals surface area contributed by atoms with Crippen LogP contribution in [0.5, 0.6) is 0 Å². The molecule has 124 valence electrons. The number of thiophene rings is 1. The molecule has 0 atom stereocenters. The van der Waals surface area contributed by atoms with Crippen molar-refractivity contribution in [1.29, 1.82) is 0 Å². The number of nitrogen functional groups attached to an aromatic ring is 1. The number of nitrogens with two attached hydrogens (primary N) is 1. The first-order chi connectivity index (χ1) is 11.6. The van der Waals surface area contributed by atoms with Crippen LogP contribution in [0.15, 0.2) is 42.5 Å². The molecule has 3 aromatic rings. The number of anilines is 1. The molecular formula is C19H21N3OS. The van der Waals surface area contributed by atoms with Gasteiger partial charge in [-0.25, -0.2) is 4.98 Å². The zero-order chi connectivity index (χ0) is 17.1. The average Bonchev–Trinajstić information content (AvgIpc) is 2.91. The smallest absolute Gasteiger partial charge is 0.266 e. The van der Waals surface area contributed by atoms with Gasteiger partial charge in [0.25, 0.3) is 5.91 Å². The summed E-state index contributed by atoms with van der Waals surface area (Å²) in [5.41, 5.74) is 8.89. The molecule has 0 aliphatic carbocycles. The van der Waals surface area contributed by atoms with Gasteiger partial charge in [0, 0.05) is 24.7 Å². The number of benzene rings is 1. The molecular weight excluding hydrogens is 318 g/mol. The summed E-state index contributed by atoms with van der Waals surface area (Å²) in [4.78, 5) is 20.5. The molecule has 24 heavy (non-hydrogen) atoms. The second kappa shape index (κ2) is 7.01. The third-order valence-corrected chi connectivity index (χ3v) is 5.06. The van der Waals surface area contributed by atoms with E-state index in [0.29, 0.717) is 17.1 Å². The predicted molar refractivity (Wildman–Crippen MR) is 100 cm³/mol. The molecule has 2 N–H and O–H groups in total. The highest BCUT2D eigenvalue weighted by Crippen LogP contribution is 2.33. The Morgan fingerprint density at radius 2 is 1.96 bits per heavy atom. The molecule has 0 spiro atoms. The molecule has 5 heteroatoms. The van der Waals surface area contributed by atoms with E-state index >= 15 is 0 Å². The predicted octanol–water partition coefficient (Wildman–Crippen LogP) is 4.10. The van der Waals surface area contributed by atoms with Crippen molar-refractivity contribution in [3.63, 3.8) is 0 Å². The van der Waals surface area contributed by atoms with Gasteiger partial charge in [-0.2, -0.15) is 0 Å². The van der Waals surface area contributed by atoms with Gasteiger partial charge in [-0.3, -0.25) is 4.79 Å². The Balaban J connectivity index is 1.87. The number of aryl methyl sites for hydroxylation is 1. The number of amides is 1. The van der Waals surface area contributed by atoms with Crippen LogP contribution in [0.4, 0.5) is 5.69 Å². The van der Waals surface area contributed by atoms with Crippen LogP contribution in [0.2, 0.25) is 0 Å². The van der Waals surface area contributed by atoms with Crippen molar-refractivity contribution in [3.05, 3.63) is 58.6 Å². The minimum Gasteiger partial charge on any atom is -0.397 e. The summed E-state index contributed by atoms with van der Waals surface area (Å²) in [6, 6.07) is 13.9. The Bertz CT molecular complexity index is 858. The van der Waals surface area contributed by atoms with Gasteiger partial charge in [-0.1, -0.05) is 43.7 Å². The fourth-order valence-electron chi connectivity index (χ4n) is 2.69. The molecule has 0 unspecified atom stereocenters. The first-order valence-electron chi connectivity index (χ1n) is 8.07. The van der Waals surface area contributed by atoms with Gasteiger partial charge in [-0.05, 0) is 24.1 Å². The first kappa shape index (κ1) is 16.5. The van der Waals surface area contributed by atoms with Crippen LogP contribution in [0.3, 0.4) is 0 Å². The van der Waals surface area contributed by atoms with Crippen LogP contribution < -0.4 is 5.73 Å². The number of carbonyl (C=O) groups is 1. The van der Waals surface area contributed by atoms with Crippen molar-refractivity contribution in [3.8, 4) is 0 Å². The highest BCUT2D eigenvalue weighted by molar-refractivity contribution is 7.21. The van der Waals surface area contributed by atoms with Crippen LogP contribution >= 0.6 is 11.3 Å². The number of aromatic nitrogens is 1. The monoisotopic (exact) mass is 339 g/mol. The van der Waals surface area contributed by atoms with Gasteiger partial charge in [0.15, 0.2) is 0 Å². The normalized spacial score (nSPS) is 10.9. The van der Waals surface area contributed by atoms with E-state index in [1.807, 2.05) is 42.5 Å². The maximum atomic E-state index is 12.8. The van der Waals surface area contributed by atoms with Crippen molar-refractivity contribution < 1.29 is 4.79 Å². The molecule has 0 bridgehead atoms. The number of nitrogens with zero attached hydrogens (tertiary/aromatic N) is 2. The third-order valence-electron chi connectivity index (χ3n) is 3.96. The van der Waals surface area contributed by atoms with E-state index in [0.717, 1.165) is 34.3 Å². The standard InChI is InChI=1S/C19H21N3OS/c1-3-7-14-10-11-15-16(20)17(24-18(15)21-14)19(23)22(2)12-13-8-5-4-6-9-13/h4-6,8-11H,3,7,12,20H2,1-2H3. The molecule has 2 aromatic heterocycles. The lowest BCUT2D eigenvalue weighted by molar-refractivity contribution is 0.0791. The molecule has 0 aliphatic rings. The number of hydrogen-bond donors (Lipinski definition) is 1. The van der Waals surface area contributed by atoms with E-state index in [2.05, 4.69) is 11.9 Å². The minimum atomic E-state index is -0.0589. The Labute approximate surface area is 145 Å². The summed E-state index contributed by atoms with van der Waals surface area (Å²) < 4.78 is 0. The van der Waals surface area contributed by atoms with Crippen molar-refractivity contribution in [1.82, 2.24) is 9.88 Å². The number of carbonyl (C=O) groups excluding carboxylic acids is 1. The molecule has 3 rings (SSSR count). The van der Waals surface area contributed by atoms with E-state index in [-0.39, 0.29) is 5.91 Å². The topological polar surface area (TPSA) is 59.2 Å². The van der Waals surface area contributed by atoms with Crippen LogP contribution in [-0.4, -0.2) is 22.8 Å². The SMILES string of the molecule is CCCc1ccc2c(N)c(C(=O)N(C)Cc3ccccc3)sc2n1. The number of hydrogen-bond acceptors (Lipinski definition) is 4. The van der Waals surface area contributed by atoms with Crippen molar-refractivity contribution in [2.45, 2.75) is 26.3 Å². The lowest BCUT2D eigenvalue weighted by atomic mass is 10.2. The fraction of sp³-hybridized carbons (Fsp3) is 0.263. The van der Waals surface area contributed by atoms with E-state index in [4.69, 9.17) is 5.73 Å². The lowest BCUT2D eigenvalue weighted by Gasteiger charge is -2.16. The first-order valence-corrected chi connectivity index (χ1v) is 8.89. The van der Waals surface area contributed by atoms with E-state index in [1.165, 1.54) is 11.3 Å². The quantitative estimate of drug-likeness (QED) is 0.761. The fourth-order valence-corrected chi connectivity index (χ4v) is 3.80. The minimum absolute atomic E-state index is 0.0589. The summed E-state index contributed by atoms with van der Waals surface area (Å²) in [5.74, 6) is -0.0589. The van der Waals surface area contributed by atoms with Crippen LogP contribution in [0.25, 0.3) is 10.2 Å². The molecule has 4 nitrogen and oxygen atoms in total. The Morgan fingerprint density at radius 3 is 2.67 bits per heavy atom. The summed E-state index contributed by atoms with van der Waals surface area (Å²) in [5, 5.41) is 0.872. The molecule has 0 aliphatic heterocycles. The molecule has 0 radical (unpaired) electrons. The second-order valence-corrected chi connectivity index (χ2v) is 6.90. The molecule has 1 amide bonds. The van der Waals surface area contributed by atoms with Crippen molar-refractivity contribution >= 4 is 33.1 Å². The Kier molecular flexibility index (Phi) is 4.81. The highest BCUT2D eigenvalue weighted by atomic mass is 32.1. The lowest BCUT2D eigenvalue weighted by Crippen LogP contribution is -2.26. The Hall–Kier alpha value is -2.40. The number of rotatable bonds is 5. The summed E-state index contributed by atoms with van der Waals surface area (Å²) in [6.07, 6.45) is 1.98. The van der Waals surface area contributed by atoms with E-state index in [9.17, 15) is 4.79 Å². The van der Waals surface area contributed by atoms with E-state index < -0.39 is 0 Å². The van der Waals surface area contributed by atoms with Gasteiger partial charge in [0.2, 0.25) is 0 Å². The van der Waals surface area contributed by atoms with Crippen LogP contribution in [-0.2, 0) is 13.0 Å². The van der Waals surface area contributed by atoms with Gasteiger partial charge >= 0.3 is 0 Å². The number of pyridine rings is 1. The Morgan fingerprint density at radius 1 is 1.21 bits per heavy atom. The van der Waals surface area contributed by atoms with Gasteiger partial charge in [-0.15, -0.1) is 11.3 Å². The summed E-state index contributed by atoms with van der Waals surface area (Å²) in [6.45, 7) is 2.68. The highest BCUT2D eigenvalue weighted by Gasteiger charge is 2.20. The largest absolute Gasteiger partial charge is 0.397 e. The van der Waals surface area contributed by atoms with Crippen molar-refractivity contribution in [2.24, 2.45) is 0 Å². The maximum Gasteiger partial charge on any atom is 0.266 e. The van der Waals surface area contributed by atoms with Crippen molar-refractivity contribution in [2.75, 3.05) is 12.8 Å². The summed E-state index contributed by atoms with van der Waals surface area (Å²) >= 11 is 1.38. The second-order valence-electron chi connectivity index (χ2n) is 5.90. The van der Waals surface area contributed by atoms with Gasteiger partial charge in [0.1, 0.15) is 9.71 Å². The molecule has 1 aromatic carbocycles. The average molecular weight is 339 g/mol. The molecule has 0 saturated carbocycles. The van der Waals surface area contributed by atoms with Gasteiger partial charge < -0.3 is 10.6 Å².